The van der Waals surface area contributed by atoms with Gasteiger partial charge in [0.05, 0.1) is 7.11 Å². The van der Waals surface area contributed by atoms with E-state index in [-0.39, 0.29) is 24.8 Å². The minimum Gasteiger partial charge on any atom is -0.497 e. The number of benzene rings is 2. The van der Waals surface area contributed by atoms with Crippen molar-refractivity contribution < 1.29 is 23.5 Å². The second-order valence-electron chi connectivity index (χ2n) is 7.96. The van der Waals surface area contributed by atoms with Crippen molar-refractivity contribution in [2.75, 3.05) is 17.3 Å². The van der Waals surface area contributed by atoms with E-state index in [4.69, 9.17) is 4.74 Å². The van der Waals surface area contributed by atoms with E-state index in [0.29, 0.717) is 22.1 Å². The van der Waals surface area contributed by atoms with Crippen LogP contribution < -0.4 is 20.3 Å². The molecule has 1 heterocycles. The van der Waals surface area contributed by atoms with Crippen molar-refractivity contribution >= 4 is 39.9 Å². The van der Waals surface area contributed by atoms with Crippen LogP contribution in [0.25, 0.3) is 0 Å². The van der Waals surface area contributed by atoms with Crippen molar-refractivity contribution in [3.8, 4) is 5.75 Å². The van der Waals surface area contributed by atoms with Gasteiger partial charge in [0.15, 0.2) is 5.13 Å². The number of amides is 3. The van der Waals surface area contributed by atoms with E-state index in [2.05, 4.69) is 15.6 Å². The zero-order valence-electron chi connectivity index (χ0n) is 19.7. The monoisotopic (exact) mass is 498 g/mol. The number of thiazole rings is 1. The minimum absolute atomic E-state index is 0.114. The first-order valence-corrected chi connectivity index (χ1v) is 11.9. The van der Waals surface area contributed by atoms with Gasteiger partial charge in [-0.2, -0.15) is 0 Å². The van der Waals surface area contributed by atoms with Crippen molar-refractivity contribution in [1.29, 1.82) is 0 Å². The average Bonchev–Trinajstić information content (AvgIpc) is 3.34. The summed E-state index contributed by atoms with van der Waals surface area (Å²) in [7, 11) is 1.53. The smallest absolute Gasteiger partial charge is 0.248 e. The summed E-state index contributed by atoms with van der Waals surface area (Å²) in [6.07, 6.45) is 1.28. The Balaban J connectivity index is 1.94. The Kier molecular flexibility index (Phi) is 8.91. The van der Waals surface area contributed by atoms with Crippen molar-refractivity contribution in [3.05, 3.63) is 71.5 Å². The van der Waals surface area contributed by atoms with Crippen LogP contribution >= 0.6 is 11.3 Å². The Morgan fingerprint density at radius 3 is 2.31 bits per heavy atom. The van der Waals surface area contributed by atoms with E-state index >= 15 is 0 Å². The molecule has 1 aromatic heterocycles. The van der Waals surface area contributed by atoms with Crippen molar-refractivity contribution in [1.82, 2.24) is 10.3 Å². The van der Waals surface area contributed by atoms with Gasteiger partial charge in [0.25, 0.3) is 0 Å². The number of carbonyl (C=O) groups is 3. The van der Waals surface area contributed by atoms with Crippen LogP contribution in [0.3, 0.4) is 0 Å². The zero-order chi connectivity index (χ0) is 25.4. The Morgan fingerprint density at radius 2 is 1.74 bits per heavy atom. The number of nitrogens with zero attached hydrogens (tertiary/aromatic N) is 2. The fourth-order valence-electron chi connectivity index (χ4n) is 3.41. The molecular formula is C25H27FN4O4S. The summed E-state index contributed by atoms with van der Waals surface area (Å²) in [6.45, 7) is 3.63. The van der Waals surface area contributed by atoms with E-state index in [1.165, 1.54) is 47.6 Å². The van der Waals surface area contributed by atoms with Gasteiger partial charge >= 0.3 is 0 Å². The number of methoxy groups -OCH3 is 1. The Morgan fingerprint density at radius 1 is 1.06 bits per heavy atom. The third-order valence-corrected chi connectivity index (χ3v) is 5.68. The second kappa shape index (κ2) is 12.1. The first-order chi connectivity index (χ1) is 16.8. The lowest BCUT2D eigenvalue weighted by molar-refractivity contribution is -0.127. The molecule has 3 aromatic rings. The molecule has 0 aliphatic rings. The molecule has 0 aliphatic heterocycles. The maximum atomic E-state index is 13.7. The molecule has 2 aromatic carbocycles. The molecule has 2 N–H and O–H groups in total. The van der Waals surface area contributed by atoms with Crippen molar-refractivity contribution in [2.45, 2.75) is 38.8 Å². The summed E-state index contributed by atoms with van der Waals surface area (Å²) in [5, 5.41) is 7.66. The summed E-state index contributed by atoms with van der Waals surface area (Å²) in [5.74, 6) is -1.13. The molecule has 0 saturated carbocycles. The molecule has 3 rings (SSSR count). The van der Waals surface area contributed by atoms with E-state index in [9.17, 15) is 18.8 Å². The fourth-order valence-corrected chi connectivity index (χ4v) is 3.96. The highest BCUT2D eigenvalue weighted by Gasteiger charge is 2.33. The summed E-state index contributed by atoms with van der Waals surface area (Å²) in [5.41, 5.74) is 0.866. The van der Waals surface area contributed by atoms with E-state index in [1.807, 2.05) is 13.8 Å². The van der Waals surface area contributed by atoms with Gasteiger partial charge in [-0.3, -0.25) is 19.3 Å². The number of nitrogens with one attached hydrogen (secondary N) is 2. The average molecular weight is 499 g/mol. The highest BCUT2D eigenvalue weighted by molar-refractivity contribution is 7.13. The normalized spacial score (nSPS) is 11.6. The van der Waals surface area contributed by atoms with Gasteiger partial charge in [0.1, 0.15) is 17.6 Å². The molecule has 1 atom stereocenters. The van der Waals surface area contributed by atoms with Crippen LogP contribution in [0.2, 0.25) is 0 Å². The van der Waals surface area contributed by atoms with Crippen LogP contribution in [0.5, 0.6) is 5.75 Å². The summed E-state index contributed by atoms with van der Waals surface area (Å²) in [6, 6.07) is 10.8. The highest BCUT2D eigenvalue weighted by atomic mass is 32.1. The highest BCUT2D eigenvalue weighted by Crippen LogP contribution is 2.30. The predicted octanol–water partition coefficient (Wildman–Crippen LogP) is 4.31. The van der Waals surface area contributed by atoms with Crippen molar-refractivity contribution in [3.63, 3.8) is 0 Å². The van der Waals surface area contributed by atoms with Crippen LogP contribution in [0.1, 0.15) is 38.3 Å². The van der Waals surface area contributed by atoms with Crippen LogP contribution in [0.15, 0.2) is 60.1 Å². The van der Waals surface area contributed by atoms with Gasteiger partial charge in [0.2, 0.25) is 17.7 Å². The first-order valence-electron chi connectivity index (χ1n) is 11.0. The van der Waals surface area contributed by atoms with E-state index < -0.39 is 23.7 Å². The van der Waals surface area contributed by atoms with E-state index in [0.717, 1.165) is 0 Å². The summed E-state index contributed by atoms with van der Waals surface area (Å²) < 4.78 is 18.9. The number of carbonyl (C=O) groups excluding carboxylic acids is 3. The maximum Gasteiger partial charge on any atom is 0.248 e. The molecule has 0 saturated heterocycles. The molecule has 0 radical (unpaired) electrons. The quantitative estimate of drug-likeness (QED) is 0.434. The van der Waals surface area contributed by atoms with Gasteiger partial charge < -0.3 is 15.4 Å². The molecule has 8 nitrogen and oxygen atoms in total. The van der Waals surface area contributed by atoms with E-state index in [1.54, 1.807) is 35.8 Å². The summed E-state index contributed by atoms with van der Waals surface area (Å²) in [4.78, 5) is 44.5. The molecule has 3 amide bonds. The van der Waals surface area contributed by atoms with Gasteiger partial charge in [0, 0.05) is 36.1 Å². The van der Waals surface area contributed by atoms with Gasteiger partial charge in [-0.25, -0.2) is 9.37 Å². The SMILES string of the molecule is COc1ccc([C@@H](C(=O)NC(C)C)N(C(=O)CCC(=O)Nc2nccs2)c2ccc(F)cc2)cc1. The number of ether oxygens (including phenoxy) is 1. The number of aromatic nitrogens is 1. The lowest BCUT2D eigenvalue weighted by Crippen LogP contribution is -2.46. The molecule has 0 bridgehead atoms. The zero-order valence-corrected chi connectivity index (χ0v) is 20.5. The number of hydrogen-bond acceptors (Lipinski definition) is 6. The lowest BCUT2D eigenvalue weighted by atomic mass is 10.0. The Hall–Kier alpha value is -3.79. The van der Waals surface area contributed by atoms with Crippen molar-refractivity contribution in [2.24, 2.45) is 0 Å². The molecule has 0 unspecified atom stereocenters. The van der Waals surface area contributed by atoms with Crippen LogP contribution in [0, 0.1) is 5.82 Å². The van der Waals surface area contributed by atoms with Gasteiger partial charge in [-0.15, -0.1) is 11.3 Å². The standard InChI is InChI=1S/C25H27FN4O4S/c1-16(2)28-24(33)23(17-4-10-20(34-3)11-5-17)30(19-8-6-18(26)7-9-19)22(32)13-12-21(31)29-25-27-14-15-35-25/h4-11,14-16,23H,12-13H2,1-3H3,(H,28,33)(H,27,29,31)/t23-/m0/s1. The topological polar surface area (TPSA) is 101 Å². The maximum absolute atomic E-state index is 13.7. The molecule has 35 heavy (non-hydrogen) atoms. The predicted molar refractivity (Wildman–Crippen MR) is 133 cm³/mol. The summed E-state index contributed by atoms with van der Waals surface area (Å²) >= 11 is 1.27. The van der Waals surface area contributed by atoms with Crippen LogP contribution in [-0.4, -0.2) is 35.9 Å². The minimum atomic E-state index is -1.05. The number of rotatable bonds is 10. The molecule has 10 heteroatoms. The lowest BCUT2D eigenvalue weighted by Gasteiger charge is -2.32. The third-order valence-electron chi connectivity index (χ3n) is 4.99. The van der Waals surface area contributed by atoms with Gasteiger partial charge in [-0.05, 0) is 55.8 Å². The molecule has 0 fully saturated rings. The molecule has 0 spiro atoms. The molecule has 0 aliphatic carbocycles. The molecular weight excluding hydrogens is 471 g/mol. The first kappa shape index (κ1) is 25.8. The number of hydrogen-bond donors (Lipinski definition) is 2. The number of anilines is 2. The number of halogens is 1. The van der Waals surface area contributed by atoms with Gasteiger partial charge in [-0.1, -0.05) is 12.1 Å². The second-order valence-corrected chi connectivity index (χ2v) is 8.86. The fraction of sp³-hybridized carbons (Fsp3) is 0.280. The third kappa shape index (κ3) is 7.10. The Labute approximate surface area is 207 Å². The van der Waals surface area contributed by atoms with Crippen LogP contribution in [0.4, 0.5) is 15.2 Å². The largest absolute Gasteiger partial charge is 0.497 e. The van der Waals surface area contributed by atoms with Crippen LogP contribution in [-0.2, 0) is 14.4 Å². The Bertz CT molecular complexity index is 1140. The molecule has 184 valence electrons.